The number of hydrogen-bond acceptors (Lipinski definition) is 5. The molecule has 0 amide bonds. The summed E-state index contributed by atoms with van der Waals surface area (Å²) in [5.41, 5.74) is 0. The maximum atomic E-state index is 4.22. The fraction of sp³-hybridized carbons (Fsp3) is 0.667. The first-order valence-electron chi connectivity index (χ1n) is 6.26. The molecule has 1 atom stereocenters. The average Bonchev–Trinajstić information content (AvgIpc) is 2.82. The van der Waals surface area contributed by atoms with Crippen molar-refractivity contribution in [2.45, 2.75) is 25.8 Å². The fourth-order valence-corrected chi connectivity index (χ4v) is 2.22. The van der Waals surface area contributed by atoms with E-state index in [0.717, 1.165) is 18.2 Å². The Morgan fingerprint density at radius 2 is 2.00 bits per heavy atom. The molecule has 0 aliphatic carbocycles. The van der Waals surface area contributed by atoms with Crippen molar-refractivity contribution in [1.82, 2.24) is 14.9 Å². The van der Waals surface area contributed by atoms with E-state index < -0.39 is 0 Å². The van der Waals surface area contributed by atoms with Crippen molar-refractivity contribution in [3.05, 3.63) is 12.4 Å². The van der Waals surface area contributed by atoms with Crippen LogP contribution in [0.25, 0.3) is 0 Å². The molecule has 1 unspecified atom stereocenters. The monoisotopic (exact) mass is 235 g/mol. The smallest absolute Gasteiger partial charge is 0.131 e. The molecule has 5 nitrogen and oxygen atoms in total. The van der Waals surface area contributed by atoms with E-state index in [9.17, 15) is 0 Å². The van der Waals surface area contributed by atoms with Gasteiger partial charge in [-0.15, -0.1) is 0 Å². The summed E-state index contributed by atoms with van der Waals surface area (Å²) in [6.07, 6.45) is 4.25. The van der Waals surface area contributed by atoms with Gasteiger partial charge >= 0.3 is 0 Å². The molecule has 1 fully saturated rings. The van der Waals surface area contributed by atoms with Gasteiger partial charge in [-0.3, -0.25) is 0 Å². The van der Waals surface area contributed by atoms with Crippen LogP contribution in [0, 0.1) is 0 Å². The molecule has 2 rings (SSSR count). The lowest BCUT2D eigenvalue weighted by Crippen LogP contribution is -2.33. The van der Waals surface area contributed by atoms with Crippen molar-refractivity contribution < 1.29 is 0 Å². The highest BCUT2D eigenvalue weighted by atomic mass is 15.2. The number of aromatic nitrogens is 2. The van der Waals surface area contributed by atoms with Crippen LogP contribution >= 0.6 is 0 Å². The Labute approximate surface area is 103 Å². The van der Waals surface area contributed by atoms with E-state index >= 15 is 0 Å². The van der Waals surface area contributed by atoms with Crippen LogP contribution in [0.2, 0.25) is 0 Å². The molecule has 1 aliphatic heterocycles. The van der Waals surface area contributed by atoms with E-state index in [0.29, 0.717) is 6.04 Å². The first-order chi connectivity index (χ1) is 8.28. The number of anilines is 2. The zero-order valence-corrected chi connectivity index (χ0v) is 10.6. The quantitative estimate of drug-likeness (QED) is 0.808. The van der Waals surface area contributed by atoms with Crippen LogP contribution in [-0.2, 0) is 0 Å². The molecule has 1 aromatic heterocycles. The van der Waals surface area contributed by atoms with Crippen molar-refractivity contribution in [1.29, 1.82) is 0 Å². The summed E-state index contributed by atoms with van der Waals surface area (Å²) in [7, 11) is 1.86. The summed E-state index contributed by atoms with van der Waals surface area (Å²) < 4.78 is 0. The number of rotatable bonds is 5. The molecular weight excluding hydrogens is 214 g/mol. The van der Waals surface area contributed by atoms with Crippen LogP contribution in [0.1, 0.15) is 19.8 Å². The highest BCUT2D eigenvalue weighted by molar-refractivity contribution is 5.46. The van der Waals surface area contributed by atoms with Crippen molar-refractivity contribution in [3.63, 3.8) is 0 Å². The topological polar surface area (TPSA) is 53.1 Å². The van der Waals surface area contributed by atoms with E-state index in [2.05, 4.69) is 32.4 Å². The highest BCUT2D eigenvalue weighted by Crippen LogP contribution is 2.11. The summed E-state index contributed by atoms with van der Waals surface area (Å²) in [5, 5.41) is 6.42. The van der Waals surface area contributed by atoms with Gasteiger partial charge in [0.1, 0.15) is 18.0 Å². The van der Waals surface area contributed by atoms with E-state index in [1.165, 1.54) is 25.9 Å². The van der Waals surface area contributed by atoms with Crippen molar-refractivity contribution in [2.75, 3.05) is 37.3 Å². The summed E-state index contributed by atoms with van der Waals surface area (Å²) >= 11 is 0. The summed E-state index contributed by atoms with van der Waals surface area (Å²) in [5.74, 6) is 1.73. The maximum absolute atomic E-state index is 4.22. The van der Waals surface area contributed by atoms with Gasteiger partial charge in [-0.05, 0) is 32.9 Å². The highest BCUT2D eigenvalue weighted by Gasteiger charge is 2.14. The molecule has 0 spiro atoms. The van der Waals surface area contributed by atoms with E-state index in [1.807, 2.05) is 13.1 Å². The number of nitrogens with zero attached hydrogens (tertiary/aromatic N) is 3. The first kappa shape index (κ1) is 12.1. The standard InChI is InChI=1S/C12H21N5/c1-10(8-17-5-3-4-6-17)16-12-7-11(13-2)14-9-15-12/h7,9-10H,3-6,8H2,1-2H3,(H2,13,14,15,16). The van der Waals surface area contributed by atoms with E-state index in [4.69, 9.17) is 0 Å². The van der Waals surface area contributed by atoms with Crippen molar-refractivity contribution >= 4 is 11.6 Å². The summed E-state index contributed by atoms with van der Waals surface area (Å²) in [4.78, 5) is 10.8. The van der Waals surface area contributed by atoms with Crippen LogP contribution in [0.5, 0.6) is 0 Å². The maximum Gasteiger partial charge on any atom is 0.131 e. The number of hydrogen-bond donors (Lipinski definition) is 2. The third-order valence-electron chi connectivity index (χ3n) is 3.05. The second-order valence-electron chi connectivity index (χ2n) is 4.59. The summed E-state index contributed by atoms with van der Waals surface area (Å²) in [6.45, 7) is 5.74. The van der Waals surface area contributed by atoms with Gasteiger partial charge in [-0.1, -0.05) is 0 Å². The van der Waals surface area contributed by atoms with Crippen molar-refractivity contribution in [3.8, 4) is 0 Å². The van der Waals surface area contributed by atoms with Gasteiger partial charge in [0.25, 0.3) is 0 Å². The normalized spacial score (nSPS) is 18.0. The lowest BCUT2D eigenvalue weighted by atomic mass is 10.3. The van der Waals surface area contributed by atoms with Gasteiger partial charge in [0.2, 0.25) is 0 Å². The lowest BCUT2D eigenvalue weighted by Gasteiger charge is -2.21. The Morgan fingerprint density at radius 1 is 1.29 bits per heavy atom. The Balaban J connectivity index is 1.85. The lowest BCUT2D eigenvalue weighted by molar-refractivity contribution is 0.327. The van der Waals surface area contributed by atoms with Gasteiger partial charge in [-0.25, -0.2) is 9.97 Å². The first-order valence-corrected chi connectivity index (χ1v) is 6.26. The Hall–Kier alpha value is -1.36. The fourth-order valence-electron chi connectivity index (χ4n) is 2.22. The third kappa shape index (κ3) is 3.56. The predicted molar refractivity (Wildman–Crippen MR) is 70.3 cm³/mol. The van der Waals surface area contributed by atoms with Crippen LogP contribution in [-0.4, -0.2) is 47.6 Å². The SMILES string of the molecule is CNc1cc(NC(C)CN2CCCC2)ncn1. The third-order valence-corrected chi connectivity index (χ3v) is 3.05. The van der Waals surface area contributed by atoms with E-state index in [1.54, 1.807) is 6.33 Å². The van der Waals surface area contributed by atoms with Crippen LogP contribution < -0.4 is 10.6 Å². The largest absolute Gasteiger partial charge is 0.373 e. The molecule has 17 heavy (non-hydrogen) atoms. The molecule has 5 heteroatoms. The molecular formula is C12H21N5. The van der Waals surface area contributed by atoms with E-state index in [-0.39, 0.29) is 0 Å². The number of nitrogens with one attached hydrogen (secondary N) is 2. The number of likely N-dealkylation sites (tertiary alicyclic amines) is 1. The second kappa shape index (κ2) is 5.82. The molecule has 0 radical (unpaired) electrons. The van der Waals surface area contributed by atoms with Gasteiger partial charge in [0.05, 0.1) is 0 Å². The molecule has 2 N–H and O–H groups in total. The molecule has 0 bridgehead atoms. The van der Waals surface area contributed by atoms with Crippen LogP contribution in [0.4, 0.5) is 11.6 Å². The molecule has 94 valence electrons. The molecule has 0 aromatic carbocycles. The second-order valence-corrected chi connectivity index (χ2v) is 4.59. The minimum atomic E-state index is 0.410. The van der Waals surface area contributed by atoms with Crippen LogP contribution in [0.3, 0.4) is 0 Å². The zero-order chi connectivity index (χ0) is 12.1. The van der Waals surface area contributed by atoms with Gasteiger partial charge in [-0.2, -0.15) is 0 Å². The molecule has 0 saturated carbocycles. The molecule has 1 saturated heterocycles. The zero-order valence-electron chi connectivity index (χ0n) is 10.6. The Kier molecular flexibility index (Phi) is 4.14. The minimum absolute atomic E-state index is 0.410. The van der Waals surface area contributed by atoms with Crippen LogP contribution in [0.15, 0.2) is 12.4 Å². The van der Waals surface area contributed by atoms with Gasteiger partial charge in [0.15, 0.2) is 0 Å². The molecule has 1 aliphatic rings. The van der Waals surface area contributed by atoms with Gasteiger partial charge in [0, 0.05) is 25.7 Å². The van der Waals surface area contributed by atoms with Crippen molar-refractivity contribution in [2.24, 2.45) is 0 Å². The van der Waals surface area contributed by atoms with Gasteiger partial charge < -0.3 is 15.5 Å². The Morgan fingerprint density at radius 3 is 2.71 bits per heavy atom. The molecule has 1 aromatic rings. The molecule has 2 heterocycles. The summed E-state index contributed by atoms with van der Waals surface area (Å²) in [6, 6.07) is 2.34. The predicted octanol–water partition coefficient (Wildman–Crippen LogP) is 1.41. The Bertz CT molecular complexity index is 349. The minimum Gasteiger partial charge on any atom is -0.373 e. The average molecular weight is 235 g/mol.